The molecule has 2 aromatic carbocycles. The first-order chi connectivity index (χ1) is 10.6. The normalized spacial score (nSPS) is 10.6. The number of hydrogen-bond donors (Lipinski definition) is 3. The average molecular weight is 334 g/mol. The van der Waals surface area contributed by atoms with Crippen LogP contribution >= 0.6 is 23.7 Å². The Bertz CT molecular complexity index is 799. The number of aromatic nitrogens is 2. The third kappa shape index (κ3) is 3.16. The lowest BCUT2D eigenvalue weighted by molar-refractivity contribution is 0.332. The molecule has 0 fully saturated rings. The van der Waals surface area contributed by atoms with Gasteiger partial charge in [0.05, 0.1) is 34.6 Å². The average Bonchev–Trinajstić information content (AvgIpc) is 2.53. The van der Waals surface area contributed by atoms with Crippen LogP contribution in [0.1, 0.15) is 0 Å². The zero-order chi connectivity index (χ0) is 15.5. The summed E-state index contributed by atoms with van der Waals surface area (Å²) in [6, 6.07) is 12.2. The van der Waals surface area contributed by atoms with Gasteiger partial charge in [-0.1, -0.05) is 17.7 Å². The van der Waals surface area contributed by atoms with Gasteiger partial charge >= 0.3 is 0 Å². The summed E-state index contributed by atoms with van der Waals surface area (Å²) in [5, 5.41) is 10.5. The lowest BCUT2D eigenvalue weighted by Crippen LogP contribution is -2.11. The van der Waals surface area contributed by atoms with Crippen molar-refractivity contribution in [3.05, 3.63) is 53.7 Å². The van der Waals surface area contributed by atoms with E-state index >= 15 is 0 Å². The summed E-state index contributed by atoms with van der Waals surface area (Å²) in [6.07, 6.45) is 1.55. The van der Waals surface area contributed by atoms with Crippen LogP contribution in [0.4, 0.5) is 17.2 Å². The Morgan fingerprint density at radius 3 is 2.73 bits per heavy atom. The molecule has 0 aliphatic heterocycles. The lowest BCUT2D eigenvalue weighted by Gasteiger charge is -2.15. The molecule has 1 heterocycles. The SMILES string of the molecule is Nc1ccc(N(O)SNc2cnc3c(Cl)cccc3n2)cc1. The Kier molecular flexibility index (Phi) is 4.19. The lowest BCUT2D eigenvalue weighted by atomic mass is 10.3. The molecule has 4 N–H and O–H groups in total. The van der Waals surface area contributed by atoms with Crippen LogP contribution < -0.4 is 14.9 Å². The number of nitrogen functional groups attached to an aromatic ring is 1. The van der Waals surface area contributed by atoms with Gasteiger partial charge in [0, 0.05) is 5.69 Å². The van der Waals surface area contributed by atoms with Gasteiger partial charge in [-0.15, -0.1) is 0 Å². The van der Waals surface area contributed by atoms with Crippen molar-refractivity contribution in [1.82, 2.24) is 9.97 Å². The maximum Gasteiger partial charge on any atom is 0.156 e. The number of nitrogens with one attached hydrogen (secondary N) is 1. The molecule has 3 rings (SSSR count). The Morgan fingerprint density at radius 1 is 1.18 bits per heavy atom. The Hall–Kier alpha value is -2.22. The highest BCUT2D eigenvalue weighted by molar-refractivity contribution is 8.01. The molecule has 0 saturated carbocycles. The molecule has 3 aromatic rings. The highest BCUT2D eigenvalue weighted by atomic mass is 35.5. The van der Waals surface area contributed by atoms with Crippen LogP contribution in [0.25, 0.3) is 11.0 Å². The summed E-state index contributed by atoms with van der Waals surface area (Å²) >= 11 is 7.01. The van der Waals surface area contributed by atoms with Gasteiger partial charge in [-0.05, 0) is 36.4 Å². The number of benzene rings is 2. The van der Waals surface area contributed by atoms with Crippen LogP contribution in [-0.4, -0.2) is 15.2 Å². The van der Waals surface area contributed by atoms with Crippen LogP contribution in [0.5, 0.6) is 0 Å². The Balaban J connectivity index is 1.72. The summed E-state index contributed by atoms with van der Waals surface area (Å²) in [5.74, 6) is 0.509. The molecule has 0 saturated heterocycles. The minimum Gasteiger partial charge on any atom is -0.399 e. The van der Waals surface area contributed by atoms with E-state index in [1.165, 1.54) is 0 Å². The molecular weight excluding hydrogens is 322 g/mol. The van der Waals surface area contributed by atoms with Gasteiger partial charge in [0.2, 0.25) is 0 Å². The van der Waals surface area contributed by atoms with Gasteiger partial charge in [-0.3, -0.25) is 9.93 Å². The van der Waals surface area contributed by atoms with Crippen molar-refractivity contribution in [2.45, 2.75) is 0 Å². The minimum atomic E-state index is 0.509. The second-order valence-electron chi connectivity index (χ2n) is 4.42. The van der Waals surface area contributed by atoms with Gasteiger partial charge in [-0.2, -0.15) is 4.47 Å². The molecule has 112 valence electrons. The van der Waals surface area contributed by atoms with E-state index in [-0.39, 0.29) is 0 Å². The molecule has 6 nitrogen and oxygen atoms in total. The fourth-order valence-corrected chi connectivity index (χ4v) is 2.52. The first-order valence-electron chi connectivity index (χ1n) is 6.32. The highest BCUT2D eigenvalue weighted by Gasteiger charge is 2.07. The first kappa shape index (κ1) is 14.7. The molecule has 0 unspecified atom stereocenters. The van der Waals surface area contributed by atoms with E-state index in [1.807, 2.05) is 12.1 Å². The zero-order valence-corrected chi connectivity index (χ0v) is 12.8. The minimum absolute atomic E-state index is 0.509. The summed E-state index contributed by atoms with van der Waals surface area (Å²) in [6.45, 7) is 0. The van der Waals surface area contributed by atoms with Crippen LogP contribution in [-0.2, 0) is 0 Å². The van der Waals surface area contributed by atoms with E-state index in [9.17, 15) is 5.21 Å². The van der Waals surface area contributed by atoms with E-state index in [1.54, 1.807) is 36.5 Å². The van der Waals surface area contributed by atoms with Crippen LogP contribution in [0.2, 0.25) is 5.02 Å². The molecule has 22 heavy (non-hydrogen) atoms. The van der Waals surface area contributed by atoms with Gasteiger partial charge in [0.25, 0.3) is 0 Å². The first-order valence-corrected chi connectivity index (χ1v) is 7.47. The summed E-state index contributed by atoms with van der Waals surface area (Å²) < 4.78 is 3.89. The number of halogens is 1. The highest BCUT2D eigenvalue weighted by Crippen LogP contribution is 2.24. The fraction of sp³-hybridized carbons (Fsp3) is 0. The number of nitrogens with two attached hydrogens (primary N) is 1. The molecule has 0 bridgehead atoms. The van der Waals surface area contributed by atoms with Crippen molar-refractivity contribution in [1.29, 1.82) is 0 Å². The van der Waals surface area contributed by atoms with Crippen molar-refractivity contribution in [3.8, 4) is 0 Å². The van der Waals surface area contributed by atoms with Crippen molar-refractivity contribution >= 4 is 52.0 Å². The Labute approximate surface area is 136 Å². The van der Waals surface area contributed by atoms with Gasteiger partial charge < -0.3 is 5.73 Å². The second kappa shape index (κ2) is 6.27. The van der Waals surface area contributed by atoms with Crippen LogP contribution in [0.15, 0.2) is 48.7 Å². The summed E-state index contributed by atoms with van der Waals surface area (Å²) in [5.41, 5.74) is 8.14. The molecular formula is C14H12ClN5OS. The monoisotopic (exact) mass is 333 g/mol. The van der Waals surface area contributed by atoms with Gasteiger partial charge in [0.1, 0.15) is 5.52 Å². The van der Waals surface area contributed by atoms with E-state index in [4.69, 9.17) is 17.3 Å². The summed E-state index contributed by atoms with van der Waals surface area (Å²) in [4.78, 5) is 8.64. The third-order valence-electron chi connectivity index (χ3n) is 2.87. The largest absolute Gasteiger partial charge is 0.399 e. The molecule has 0 radical (unpaired) electrons. The molecule has 0 atom stereocenters. The summed E-state index contributed by atoms with van der Waals surface area (Å²) in [7, 11) is 0. The molecule has 0 amide bonds. The van der Waals surface area contributed by atoms with Crippen LogP contribution in [0, 0.1) is 0 Å². The molecule has 0 aliphatic rings. The number of fused-ring (bicyclic) bond motifs is 1. The number of hydrogen-bond acceptors (Lipinski definition) is 7. The van der Waals surface area contributed by atoms with Gasteiger partial charge in [-0.25, -0.2) is 9.97 Å². The predicted octanol–water partition coefficient (Wildman–Crippen LogP) is 3.74. The van der Waals surface area contributed by atoms with E-state index in [0.717, 1.165) is 16.6 Å². The maximum atomic E-state index is 9.95. The van der Waals surface area contributed by atoms with E-state index < -0.39 is 0 Å². The Morgan fingerprint density at radius 2 is 1.95 bits per heavy atom. The fourth-order valence-electron chi connectivity index (χ4n) is 1.80. The molecule has 8 heteroatoms. The van der Waals surface area contributed by atoms with Gasteiger partial charge in [0.15, 0.2) is 5.82 Å². The zero-order valence-electron chi connectivity index (χ0n) is 11.3. The molecule has 1 aromatic heterocycles. The van der Waals surface area contributed by atoms with E-state index in [2.05, 4.69) is 14.7 Å². The van der Waals surface area contributed by atoms with Crippen molar-refractivity contribution in [2.24, 2.45) is 0 Å². The number of nitrogens with zero attached hydrogens (tertiary/aromatic N) is 3. The maximum absolute atomic E-state index is 9.95. The van der Waals surface area contributed by atoms with Crippen molar-refractivity contribution in [2.75, 3.05) is 14.9 Å². The quantitative estimate of drug-likeness (QED) is 0.381. The third-order valence-corrected chi connectivity index (χ3v) is 3.86. The molecule has 0 spiro atoms. The topological polar surface area (TPSA) is 87.3 Å². The standard InChI is InChI=1S/C14H12ClN5OS/c15-11-2-1-3-12-14(11)17-8-13(18-12)19-22-20(21)10-6-4-9(16)5-7-10/h1-8,21H,16H2,(H,18,19). The second-order valence-corrected chi connectivity index (χ2v) is 5.56. The number of anilines is 3. The van der Waals surface area contributed by atoms with Crippen LogP contribution in [0.3, 0.4) is 0 Å². The van der Waals surface area contributed by atoms with Crippen molar-refractivity contribution < 1.29 is 5.21 Å². The number of para-hydroxylation sites is 1. The smallest absolute Gasteiger partial charge is 0.156 e. The molecule has 0 aliphatic carbocycles. The predicted molar refractivity (Wildman–Crippen MR) is 90.9 cm³/mol. The number of rotatable bonds is 4. The van der Waals surface area contributed by atoms with Crippen molar-refractivity contribution in [3.63, 3.8) is 0 Å². The van der Waals surface area contributed by atoms with E-state index in [0.29, 0.717) is 33.2 Å².